The number of hydrogen-bond donors (Lipinski definition) is 1. The number of aromatic nitrogens is 2. The molecule has 3 heterocycles. The molecule has 2 atom stereocenters. The SMILES string of the molecule is COc1cccc([C@@H]2C[C@@H](O)CN2Cc2cn3c(C)cccc3n2)c1. The average Bonchev–Trinajstić information content (AvgIpc) is 3.19. The number of hydrogen-bond acceptors (Lipinski definition) is 4. The minimum atomic E-state index is -0.310. The number of aliphatic hydroxyl groups is 1. The van der Waals surface area contributed by atoms with Crippen LogP contribution in [0.15, 0.2) is 48.7 Å². The first-order valence-electron chi connectivity index (χ1n) is 8.63. The van der Waals surface area contributed by atoms with Gasteiger partial charge in [-0.25, -0.2) is 4.98 Å². The summed E-state index contributed by atoms with van der Waals surface area (Å²) in [5.74, 6) is 0.849. The van der Waals surface area contributed by atoms with E-state index in [-0.39, 0.29) is 12.1 Å². The van der Waals surface area contributed by atoms with Crippen molar-refractivity contribution in [2.24, 2.45) is 0 Å². The topological polar surface area (TPSA) is 50.0 Å². The van der Waals surface area contributed by atoms with Gasteiger partial charge in [-0.3, -0.25) is 4.90 Å². The summed E-state index contributed by atoms with van der Waals surface area (Å²) < 4.78 is 7.46. The summed E-state index contributed by atoms with van der Waals surface area (Å²) in [7, 11) is 1.68. The number of likely N-dealkylation sites (tertiary alicyclic amines) is 1. The third-order valence-electron chi connectivity index (χ3n) is 4.97. The largest absolute Gasteiger partial charge is 0.497 e. The fraction of sp³-hybridized carbons (Fsp3) is 0.350. The Morgan fingerprint density at radius 2 is 2.08 bits per heavy atom. The number of imidazole rings is 1. The van der Waals surface area contributed by atoms with Gasteiger partial charge in [-0.15, -0.1) is 0 Å². The van der Waals surface area contributed by atoms with E-state index >= 15 is 0 Å². The highest BCUT2D eigenvalue weighted by molar-refractivity contribution is 5.41. The van der Waals surface area contributed by atoms with Crippen molar-refractivity contribution in [3.63, 3.8) is 0 Å². The zero-order chi connectivity index (χ0) is 17.4. The lowest BCUT2D eigenvalue weighted by Gasteiger charge is -2.23. The molecule has 0 unspecified atom stereocenters. The zero-order valence-corrected chi connectivity index (χ0v) is 14.6. The van der Waals surface area contributed by atoms with E-state index in [1.54, 1.807) is 7.11 Å². The molecular formula is C20H23N3O2. The van der Waals surface area contributed by atoms with Crippen LogP contribution in [0.2, 0.25) is 0 Å². The van der Waals surface area contributed by atoms with Gasteiger partial charge in [0.2, 0.25) is 0 Å². The zero-order valence-electron chi connectivity index (χ0n) is 14.6. The predicted octanol–water partition coefficient (Wildman–Crippen LogP) is 2.96. The van der Waals surface area contributed by atoms with Crippen LogP contribution in [0.1, 0.15) is 29.4 Å². The summed E-state index contributed by atoms with van der Waals surface area (Å²) in [6, 6.07) is 14.4. The first-order chi connectivity index (χ1) is 12.1. The lowest BCUT2D eigenvalue weighted by Crippen LogP contribution is -2.24. The molecule has 0 aliphatic carbocycles. The number of pyridine rings is 1. The van der Waals surface area contributed by atoms with Gasteiger partial charge in [-0.1, -0.05) is 18.2 Å². The van der Waals surface area contributed by atoms with Crippen molar-refractivity contribution < 1.29 is 9.84 Å². The fourth-order valence-corrected chi connectivity index (χ4v) is 3.73. The van der Waals surface area contributed by atoms with Crippen molar-refractivity contribution in [2.75, 3.05) is 13.7 Å². The standard InChI is InChI=1S/C20H23N3O2/c1-14-5-3-8-20-21-16(12-23(14)20)11-22-13-17(24)10-19(22)15-6-4-7-18(9-15)25-2/h3-9,12,17,19,24H,10-11,13H2,1-2H3/t17-,19+/m1/s1. The van der Waals surface area contributed by atoms with Gasteiger partial charge in [0.25, 0.3) is 0 Å². The number of aliphatic hydroxyl groups excluding tert-OH is 1. The maximum atomic E-state index is 10.2. The highest BCUT2D eigenvalue weighted by atomic mass is 16.5. The Bertz CT molecular complexity index is 890. The Kier molecular flexibility index (Phi) is 4.19. The third-order valence-corrected chi connectivity index (χ3v) is 4.97. The van der Waals surface area contributed by atoms with Crippen molar-refractivity contribution in [2.45, 2.75) is 32.0 Å². The fourth-order valence-electron chi connectivity index (χ4n) is 3.73. The van der Waals surface area contributed by atoms with Crippen LogP contribution >= 0.6 is 0 Å². The van der Waals surface area contributed by atoms with Crippen LogP contribution < -0.4 is 4.74 Å². The molecule has 1 aromatic carbocycles. The van der Waals surface area contributed by atoms with Gasteiger partial charge in [0.1, 0.15) is 11.4 Å². The molecule has 3 aromatic rings. The summed E-state index contributed by atoms with van der Waals surface area (Å²) in [4.78, 5) is 7.04. The van der Waals surface area contributed by atoms with Crippen molar-refractivity contribution in [3.8, 4) is 5.75 Å². The van der Waals surface area contributed by atoms with Crippen LogP contribution in [0.3, 0.4) is 0 Å². The Balaban J connectivity index is 1.61. The van der Waals surface area contributed by atoms with Crippen LogP contribution in [-0.2, 0) is 6.54 Å². The summed E-state index contributed by atoms with van der Waals surface area (Å²) >= 11 is 0. The first kappa shape index (κ1) is 16.1. The quantitative estimate of drug-likeness (QED) is 0.795. The van der Waals surface area contributed by atoms with E-state index in [4.69, 9.17) is 9.72 Å². The Hall–Kier alpha value is -2.37. The average molecular weight is 337 g/mol. The van der Waals surface area contributed by atoms with Crippen molar-refractivity contribution in [3.05, 3.63) is 65.6 Å². The van der Waals surface area contributed by atoms with Gasteiger partial charge in [0, 0.05) is 31.0 Å². The van der Waals surface area contributed by atoms with Crippen LogP contribution in [0.25, 0.3) is 5.65 Å². The molecule has 1 N–H and O–H groups in total. The van der Waals surface area contributed by atoms with Gasteiger partial charge in [-0.05, 0) is 43.2 Å². The molecule has 5 nitrogen and oxygen atoms in total. The molecule has 0 bridgehead atoms. The number of fused-ring (bicyclic) bond motifs is 1. The molecule has 0 spiro atoms. The number of ether oxygens (including phenoxy) is 1. The summed E-state index contributed by atoms with van der Waals surface area (Å²) in [6.45, 7) is 3.46. The molecule has 1 aliphatic heterocycles. The summed E-state index contributed by atoms with van der Waals surface area (Å²) in [5, 5.41) is 10.2. The Morgan fingerprint density at radius 1 is 1.24 bits per heavy atom. The molecule has 1 aliphatic rings. The molecule has 4 rings (SSSR count). The van der Waals surface area contributed by atoms with Gasteiger partial charge < -0.3 is 14.2 Å². The maximum absolute atomic E-state index is 10.2. The molecule has 130 valence electrons. The van der Waals surface area contributed by atoms with Crippen LogP contribution in [-0.4, -0.2) is 39.1 Å². The van der Waals surface area contributed by atoms with Gasteiger partial charge in [0.15, 0.2) is 0 Å². The normalized spacial score (nSPS) is 21.1. The second-order valence-corrected chi connectivity index (χ2v) is 6.74. The second kappa shape index (κ2) is 6.50. The minimum absolute atomic E-state index is 0.177. The Morgan fingerprint density at radius 3 is 2.88 bits per heavy atom. The number of β-amino-alcohol motifs (C(OH)–C–C–N with tert-alkyl or cyclic N) is 1. The number of nitrogens with zero attached hydrogens (tertiary/aromatic N) is 3. The van der Waals surface area contributed by atoms with Crippen LogP contribution in [0.4, 0.5) is 0 Å². The van der Waals surface area contributed by atoms with E-state index in [9.17, 15) is 5.11 Å². The minimum Gasteiger partial charge on any atom is -0.497 e. The lowest BCUT2D eigenvalue weighted by atomic mass is 10.0. The van der Waals surface area contributed by atoms with Crippen molar-refractivity contribution in [1.29, 1.82) is 0 Å². The van der Waals surface area contributed by atoms with E-state index in [1.807, 2.05) is 24.3 Å². The van der Waals surface area contributed by atoms with Crippen LogP contribution in [0, 0.1) is 6.92 Å². The van der Waals surface area contributed by atoms with Gasteiger partial charge in [-0.2, -0.15) is 0 Å². The highest BCUT2D eigenvalue weighted by Crippen LogP contribution is 2.34. The molecule has 0 saturated carbocycles. The number of methoxy groups -OCH3 is 1. The maximum Gasteiger partial charge on any atom is 0.137 e. The predicted molar refractivity (Wildman–Crippen MR) is 96.7 cm³/mol. The smallest absolute Gasteiger partial charge is 0.137 e. The molecule has 25 heavy (non-hydrogen) atoms. The molecule has 0 radical (unpaired) electrons. The molecule has 1 fully saturated rings. The first-order valence-corrected chi connectivity index (χ1v) is 8.63. The number of rotatable bonds is 4. The van der Waals surface area contributed by atoms with E-state index in [0.29, 0.717) is 6.54 Å². The number of benzene rings is 1. The Labute approximate surface area is 147 Å². The van der Waals surface area contributed by atoms with E-state index < -0.39 is 0 Å². The van der Waals surface area contributed by atoms with E-state index in [1.165, 1.54) is 11.3 Å². The summed E-state index contributed by atoms with van der Waals surface area (Å²) in [6.07, 6.45) is 2.52. The number of aryl methyl sites for hydroxylation is 1. The monoisotopic (exact) mass is 337 g/mol. The van der Waals surface area contributed by atoms with Gasteiger partial charge in [0.05, 0.1) is 18.9 Å². The van der Waals surface area contributed by atoms with Gasteiger partial charge >= 0.3 is 0 Å². The molecule has 2 aromatic heterocycles. The molecular weight excluding hydrogens is 314 g/mol. The molecule has 5 heteroatoms. The highest BCUT2D eigenvalue weighted by Gasteiger charge is 2.32. The van der Waals surface area contributed by atoms with Crippen molar-refractivity contribution in [1.82, 2.24) is 14.3 Å². The van der Waals surface area contributed by atoms with E-state index in [0.717, 1.165) is 30.1 Å². The third kappa shape index (κ3) is 3.13. The van der Waals surface area contributed by atoms with Crippen LogP contribution in [0.5, 0.6) is 5.75 Å². The second-order valence-electron chi connectivity index (χ2n) is 6.74. The summed E-state index contributed by atoms with van der Waals surface area (Å²) in [5.41, 5.74) is 4.34. The lowest BCUT2D eigenvalue weighted by molar-refractivity contribution is 0.172. The van der Waals surface area contributed by atoms with E-state index in [2.05, 4.69) is 40.6 Å². The molecule has 1 saturated heterocycles. The molecule has 0 amide bonds. The van der Waals surface area contributed by atoms with Crippen molar-refractivity contribution >= 4 is 5.65 Å².